The first-order chi connectivity index (χ1) is 9.41. The average Bonchev–Trinajstić information content (AvgIpc) is 2.37. The number of anilines is 2. The van der Waals surface area contributed by atoms with Gasteiger partial charge in [-0.2, -0.15) is 0 Å². The second-order valence-electron chi connectivity index (χ2n) is 6.09. The van der Waals surface area contributed by atoms with Crippen molar-refractivity contribution in [1.82, 2.24) is 0 Å². The van der Waals surface area contributed by atoms with Crippen LogP contribution in [-0.2, 0) is 9.53 Å². The molecule has 2 rings (SSSR count). The normalized spacial score (nSPS) is 17.9. The van der Waals surface area contributed by atoms with Crippen molar-refractivity contribution in [2.75, 3.05) is 23.3 Å². The van der Waals surface area contributed by atoms with Crippen molar-refractivity contribution < 1.29 is 9.53 Å². The molecule has 0 aliphatic carbocycles. The Kier molecular flexibility index (Phi) is 4.21. The molecule has 4 heteroatoms. The maximum atomic E-state index is 12.0. The highest BCUT2D eigenvalue weighted by Crippen LogP contribution is 2.33. The number of carbonyl (C=O) groups is 1. The van der Waals surface area contributed by atoms with Crippen molar-refractivity contribution >= 4 is 17.3 Å². The number of fused-ring (bicyclic) bond motifs is 1. The highest BCUT2D eigenvalue weighted by Gasteiger charge is 2.30. The fraction of sp³-hybridized carbons (Fsp3) is 0.562. The molecule has 110 valence electrons. The molecule has 0 saturated carbocycles. The van der Waals surface area contributed by atoms with Gasteiger partial charge in [0.05, 0.1) is 17.5 Å². The van der Waals surface area contributed by atoms with Crippen LogP contribution in [-0.4, -0.2) is 30.7 Å². The van der Waals surface area contributed by atoms with Crippen molar-refractivity contribution in [3.63, 3.8) is 0 Å². The van der Waals surface area contributed by atoms with Crippen molar-refractivity contribution in [3.8, 4) is 0 Å². The summed E-state index contributed by atoms with van der Waals surface area (Å²) < 4.78 is 5.38. The van der Waals surface area contributed by atoms with Gasteiger partial charge in [-0.15, -0.1) is 0 Å². The third-order valence-corrected chi connectivity index (χ3v) is 3.53. The second kappa shape index (κ2) is 5.73. The SMILES string of the molecule is CCC(C)OC(=O)CN1CC(C)(C)Nc2ccccc21. The molecule has 20 heavy (non-hydrogen) atoms. The topological polar surface area (TPSA) is 41.6 Å². The van der Waals surface area contributed by atoms with Gasteiger partial charge < -0.3 is 15.0 Å². The standard InChI is InChI=1S/C16H24N2O2/c1-5-12(2)20-15(19)10-18-11-16(3,4)17-13-8-6-7-9-14(13)18/h6-9,12,17H,5,10-11H2,1-4H3. The Morgan fingerprint density at radius 2 is 2.15 bits per heavy atom. The van der Waals surface area contributed by atoms with E-state index in [0.717, 1.165) is 24.3 Å². The highest BCUT2D eigenvalue weighted by molar-refractivity contribution is 5.81. The molecule has 0 spiro atoms. The van der Waals surface area contributed by atoms with Gasteiger partial charge >= 0.3 is 5.97 Å². The number of nitrogens with one attached hydrogen (secondary N) is 1. The number of esters is 1. The van der Waals surface area contributed by atoms with Crippen molar-refractivity contribution in [3.05, 3.63) is 24.3 Å². The first kappa shape index (κ1) is 14.7. The third-order valence-electron chi connectivity index (χ3n) is 3.53. The van der Waals surface area contributed by atoms with Crippen LogP contribution in [0.1, 0.15) is 34.1 Å². The lowest BCUT2D eigenvalue weighted by atomic mass is 9.99. The van der Waals surface area contributed by atoms with Crippen LogP contribution in [0.4, 0.5) is 11.4 Å². The van der Waals surface area contributed by atoms with Crippen LogP contribution < -0.4 is 10.2 Å². The highest BCUT2D eigenvalue weighted by atomic mass is 16.5. The first-order valence-electron chi connectivity index (χ1n) is 7.23. The number of para-hydroxylation sites is 2. The van der Waals surface area contributed by atoms with E-state index in [1.165, 1.54) is 0 Å². The zero-order chi connectivity index (χ0) is 14.8. The molecule has 0 radical (unpaired) electrons. The molecular weight excluding hydrogens is 252 g/mol. The Labute approximate surface area is 121 Å². The molecule has 0 fully saturated rings. The molecule has 1 aromatic carbocycles. The molecule has 0 saturated heterocycles. The van der Waals surface area contributed by atoms with Gasteiger partial charge in [-0.3, -0.25) is 4.79 Å². The third kappa shape index (κ3) is 3.44. The number of benzene rings is 1. The van der Waals surface area contributed by atoms with Crippen LogP contribution in [0.3, 0.4) is 0 Å². The molecular formula is C16H24N2O2. The Morgan fingerprint density at radius 1 is 1.45 bits per heavy atom. The summed E-state index contributed by atoms with van der Waals surface area (Å²) in [5.41, 5.74) is 2.07. The van der Waals surface area contributed by atoms with E-state index in [4.69, 9.17) is 4.74 Å². The predicted octanol–water partition coefficient (Wildman–Crippen LogP) is 3.04. The van der Waals surface area contributed by atoms with Crippen molar-refractivity contribution in [2.45, 2.75) is 45.8 Å². The van der Waals surface area contributed by atoms with Gasteiger partial charge in [0.15, 0.2) is 0 Å². The summed E-state index contributed by atoms with van der Waals surface area (Å²) in [6.07, 6.45) is 0.823. The smallest absolute Gasteiger partial charge is 0.325 e. The van der Waals surface area contributed by atoms with Gasteiger partial charge in [-0.1, -0.05) is 19.1 Å². The molecule has 0 bridgehead atoms. The number of nitrogens with zero attached hydrogens (tertiary/aromatic N) is 1. The summed E-state index contributed by atoms with van der Waals surface area (Å²) >= 11 is 0. The molecule has 0 amide bonds. The number of ether oxygens (including phenoxy) is 1. The molecule has 1 aliphatic rings. The molecule has 1 aliphatic heterocycles. The Morgan fingerprint density at radius 3 is 2.85 bits per heavy atom. The fourth-order valence-corrected chi connectivity index (χ4v) is 2.46. The maximum Gasteiger partial charge on any atom is 0.325 e. The average molecular weight is 276 g/mol. The molecule has 1 N–H and O–H groups in total. The summed E-state index contributed by atoms with van der Waals surface area (Å²) in [6, 6.07) is 8.08. The molecule has 1 aromatic rings. The lowest BCUT2D eigenvalue weighted by Gasteiger charge is -2.41. The van der Waals surface area contributed by atoms with Crippen LogP contribution >= 0.6 is 0 Å². The minimum Gasteiger partial charge on any atom is -0.461 e. The minimum absolute atomic E-state index is 0.0198. The monoisotopic (exact) mass is 276 g/mol. The number of rotatable bonds is 4. The van der Waals surface area contributed by atoms with E-state index in [2.05, 4.69) is 24.1 Å². The maximum absolute atomic E-state index is 12.0. The van der Waals surface area contributed by atoms with Gasteiger partial charge in [0, 0.05) is 12.1 Å². The van der Waals surface area contributed by atoms with E-state index in [9.17, 15) is 4.79 Å². The molecule has 0 aromatic heterocycles. The van der Waals surface area contributed by atoms with Gasteiger partial charge in [0.2, 0.25) is 0 Å². The van der Waals surface area contributed by atoms with Crippen molar-refractivity contribution in [1.29, 1.82) is 0 Å². The van der Waals surface area contributed by atoms with E-state index >= 15 is 0 Å². The van der Waals surface area contributed by atoms with Crippen LogP contribution in [0.5, 0.6) is 0 Å². The zero-order valence-electron chi connectivity index (χ0n) is 12.8. The van der Waals surface area contributed by atoms with E-state index < -0.39 is 0 Å². The van der Waals surface area contributed by atoms with Crippen LogP contribution in [0.15, 0.2) is 24.3 Å². The summed E-state index contributed by atoms with van der Waals surface area (Å²) in [6.45, 7) is 9.28. The second-order valence-corrected chi connectivity index (χ2v) is 6.09. The Bertz CT molecular complexity index is 485. The van der Waals surface area contributed by atoms with Crippen LogP contribution in [0.2, 0.25) is 0 Å². The number of carbonyl (C=O) groups excluding carboxylic acids is 1. The number of hydrogen-bond acceptors (Lipinski definition) is 4. The summed E-state index contributed by atoms with van der Waals surface area (Å²) in [5.74, 6) is -0.160. The molecule has 1 atom stereocenters. The summed E-state index contributed by atoms with van der Waals surface area (Å²) in [4.78, 5) is 14.1. The number of hydrogen-bond donors (Lipinski definition) is 1. The van der Waals surface area contributed by atoms with E-state index in [1.54, 1.807) is 0 Å². The minimum atomic E-state index is -0.160. The summed E-state index contributed by atoms with van der Waals surface area (Å²) in [7, 11) is 0. The molecule has 4 nitrogen and oxygen atoms in total. The van der Waals surface area contributed by atoms with E-state index in [-0.39, 0.29) is 17.6 Å². The van der Waals surface area contributed by atoms with E-state index in [1.807, 2.05) is 38.1 Å². The largest absolute Gasteiger partial charge is 0.461 e. The lowest BCUT2D eigenvalue weighted by Crippen LogP contribution is -2.50. The predicted molar refractivity (Wildman–Crippen MR) is 82.2 cm³/mol. The Hall–Kier alpha value is -1.71. The van der Waals surface area contributed by atoms with Gasteiger partial charge in [-0.25, -0.2) is 0 Å². The van der Waals surface area contributed by atoms with Gasteiger partial charge in [0.1, 0.15) is 6.54 Å². The van der Waals surface area contributed by atoms with Crippen LogP contribution in [0, 0.1) is 0 Å². The Balaban J connectivity index is 2.13. The quantitative estimate of drug-likeness (QED) is 0.858. The van der Waals surface area contributed by atoms with Gasteiger partial charge in [-0.05, 0) is 39.3 Å². The zero-order valence-corrected chi connectivity index (χ0v) is 12.8. The summed E-state index contributed by atoms with van der Waals surface area (Å²) in [5, 5.41) is 3.50. The van der Waals surface area contributed by atoms with Crippen LogP contribution in [0.25, 0.3) is 0 Å². The van der Waals surface area contributed by atoms with Crippen molar-refractivity contribution in [2.24, 2.45) is 0 Å². The van der Waals surface area contributed by atoms with Gasteiger partial charge in [0.25, 0.3) is 0 Å². The fourth-order valence-electron chi connectivity index (χ4n) is 2.46. The molecule has 1 unspecified atom stereocenters. The van der Waals surface area contributed by atoms with E-state index in [0.29, 0.717) is 6.54 Å². The molecule has 1 heterocycles. The first-order valence-corrected chi connectivity index (χ1v) is 7.23. The lowest BCUT2D eigenvalue weighted by molar-refractivity contribution is -0.146.